The van der Waals surface area contributed by atoms with E-state index in [1.54, 1.807) is 24.4 Å². The maximum absolute atomic E-state index is 12.9. The van der Waals surface area contributed by atoms with Gasteiger partial charge in [-0.25, -0.2) is 4.79 Å². The summed E-state index contributed by atoms with van der Waals surface area (Å²) in [5.41, 5.74) is 6.80. The lowest BCUT2D eigenvalue weighted by atomic mass is 10.0. The second kappa shape index (κ2) is 12.1. The lowest BCUT2D eigenvalue weighted by Gasteiger charge is -2.25. The van der Waals surface area contributed by atoms with Crippen LogP contribution in [0, 0.1) is 0 Å². The van der Waals surface area contributed by atoms with Crippen molar-refractivity contribution < 1.29 is 39.6 Å². The van der Waals surface area contributed by atoms with Crippen LogP contribution in [0.4, 0.5) is 0 Å². The quantitative estimate of drug-likeness (QED) is 0.150. The first kappa shape index (κ1) is 26.7. The minimum atomic E-state index is -1.63. The first-order valence-corrected chi connectivity index (χ1v) is 10.4. The van der Waals surface area contributed by atoms with E-state index in [1.807, 2.05) is 6.07 Å². The number of carbonyl (C=O) groups excluding carboxylic acids is 3. The van der Waals surface area contributed by atoms with Gasteiger partial charge in [-0.05, 0) is 18.6 Å². The number of amides is 3. The van der Waals surface area contributed by atoms with Crippen molar-refractivity contribution in [3.8, 4) is 0 Å². The Labute approximate surface area is 194 Å². The predicted octanol–water partition coefficient (Wildman–Crippen LogP) is -3.06. The second-order valence-electron chi connectivity index (χ2n) is 7.72. The van der Waals surface area contributed by atoms with Crippen molar-refractivity contribution in [2.24, 2.45) is 5.73 Å². The highest BCUT2D eigenvalue weighted by molar-refractivity contribution is 5.95. The Morgan fingerprint density at radius 2 is 1.59 bits per heavy atom. The average Bonchev–Trinajstić information content (AvgIpc) is 3.21. The highest BCUT2D eigenvalue weighted by atomic mass is 16.4. The number of rotatable bonds is 12. The van der Waals surface area contributed by atoms with Crippen molar-refractivity contribution in [3.63, 3.8) is 0 Å². The summed E-state index contributed by atoms with van der Waals surface area (Å²) < 4.78 is 0. The van der Waals surface area contributed by atoms with Crippen LogP contribution in [0.25, 0.3) is 10.9 Å². The molecule has 186 valence electrons. The van der Waals surface area contributed by atoms with Gasteiger partial charge in [-0.2, -0.15) is 0 Å². The number of carbonyl (C=O) groups is 4. The number of carboxylic acid groups (broad SMARTS) is 1. The number of aliphatic hydroxyl groups excluding tert-OH is 3. The maximum Gasteiger partial charge on any atom is 0.328 e. The molecule has 13 heteroatoms. The standard InChI is InChI=1S/C21H29N5O8/c1-10(29)17(21(33)34)26-19(31)15(6-11-7-23-14-5-3-2-4-12(11)14)24-20(32)16(9-28)25-18(30)13(22)8-27/h2-5,7,10,13,15-17,23,27-29H,6,8-9,22H2,1H3,(H,24,32)(H,25,30)(H,26,31)(H,33,34). The van der Waals surface area contributed by atoms with Gasteiger partial charge in [0.25, 0.3) is 0 Å². The van der Waals surface area contributed by atoms with Crippen LogP contribution in [0.5, 0.6) is 0 Å². The molecule has 1 heterocycles. The van der Waals surface area contributed by atoms with Gasteiger partial charge >= 0.3 is 5.97 Å². The molecule has 1 aromatic carbocycles. The monoisotopic (exact) mass is 479 g/mol. The third-order valence-electron chi connectivity index (χ3n) is 5.13. The molecule has 0 aliphatic rings. The van der Waals surface area contributed by atoms with Gasteiger partial charge in [0.2, 0.25) is 17.7 Å². The van der Waals surface area contributed by atoms with Gasteiger partial charge in [-0.1, -0.05) is 18.2 Å². The minimum Gasteiger partial charge on any atom is -0.480 e. The Morgan fingerprint density at radius 3 is 2.18 bits per heavy atom. The van der Waals surface area contributed by atoms with Crippen LogP contribution >= 0.6 is 0 Å². The molecule has 13 nitrogen and oxygen atoms in total. The van der Waals surface area contributed by atoms with Gasteiger partial charge in [-0.3, -0.25) is 14.4 Å². The Bertz CT molecular complexity index is 1020. The highest BCUT2D eigenvalue weighted by Gasteiger charge is 2.32. The molecule has 0 aliphatic carbocycles. The topological polar surface area (TPSA) is 227 Å². The number of H-pyrrole nitrogens is 1. The predicted molar refractivity (Wildman–Crippen MR) is 119 cm³/mol. The van der Waals surface area contributed by atoms with Crippen molar-refractivity contribution in [2.45, 2.75) is 43.6 Å². The van der Waals surface area contributed by atoms with Gasteiger partial charge in [0.15, 0.2) is 6.04 Å². The van der Waals surface area contributed by atoms with Crippen LogP contribution in [-0.2, 0) is 25.6 Å². The number of hydrogen-bond acceptors (Lipinski definition) is 8. The van der Waals surface area contributed by atoms with Crippen LogP contribution in [0.2, 0.25) is 0 Å². The SMILES string of the molecule is CC(O)C(NC(=O)C(Cc1c[nH]c2ccccc12)NC(=O)C(CO)NC(=O)C(N)CO)C(=O)O. The molecule has 2 aromatic rings. The van der Waals surface area contributed by atoms with E-state index >= 15 is 0 Å². The molecule has 0 spiro atoms. The summed E-state index contributed by atoms with van der Waals surface area (Å²) in [6.07, 6.45) is 0.137. The summed E-state index contributed by atoms with van der Waals surface area (Å²) in [6.45, 7) is -0.330. The van der Waals surface area contributed by atoms with Crippen LogP contribution in [-0.4, -0.2) is 92.6 Å². The zero-order chi connectivity index (χ0) is 25.4. The molecule has 0 fully saturated rings. The molecule has 1 aromatic heterocycles. The molecule has 3 amide bonds. The second-order valence-corrected chi connectivity index (χ2v) is 7.72. The van der Waals surface area contributed by atoms with Crippen molar-refractivity contribution in [1.82, 2.24) is 20.9 Å². The Morgan fingerprint density at radius 1 is 0.971 bits per heavy atom. The summed E-state index contributed by atoms with van der Waals surface area (Å²) in [5, 5.41) is 45.0. The van der Waals surface area contributed by atoms with E-state index in [0.717, 1.165) is 10.9 Å². The van der Waals surface area contributed by atoms with E-state index in [0.29, 0.717) is 5.56 Å². The first-order valence-electron chi connectivity index (χ1n) is 10.4. The van der Waals surface area contributed by atoms with Crippen LogP contribution in [0.15, 0.2) is 30.5 Å². The molecule has 0 aliphatic heterocycles. The van der Waals surface area contributed by atoms with Crippen molar-refractivity contribution >= 4 is 34.6 Å². The first-order chi connectivity index (χ1) is 16.1. The van der Waals surface area contributed by atoms with E-state index in [4.69, 9.17) is 10.8 Å². The normalized spacial score (nSPS) is 15.6. The number of para-hydroxylation sites is 1. The summed E-state index contributed by atoms with van der Waals surface area (Å²) in [7, 11) is 0. The van der Waals surface area contributed by atoms with Crippen LogP contribution < -0.4 is 21.7 Å². The molecule has 2 rings (SSSR count). The molecule has 0 saturated heterocycles. The fourth-order valence-corrected chi connectivity index (χ4v) is 3.20. The molecule has 0 radical (unpaired) electrons. The number of nitrogens with one attached hydrogen (secondary N) is 4. The Hall–Kier alpha value is -3.52. The van der Waals surface area contributed by atoms with Crippen molar-refractivity contribution in [1.29, 1.82) is 0 Å². The lowest BCUT2D eigenvalue weighted by Crippen LogP contribution is -2.59. The number of hydrogen-bond donors (Lipinski definition) is 9. The summed E-state index contributed by atoms with van der Waals surface area (Å²) in [6, 6.07) is 1.41. The van der Waals surface area contributed by atoms with E-state index in [2.05, 4.69) is 20.9 Å². The summed E-state index contributed by atoms with van der Waals surface area (Å²) in [5.74, 6) is -4.21. The fourth-order valence-electron chi connectivity index (χ4n) is 3.20. The Balaban J connectivity index is 2.28. The molecule has 5 atom stereocenters. The molecule has 0 bridgehead atoms. The van der Waals surface area contributed by atoms with Gasteiger partial charge in [-0.15, -0.1) is 0 Å². The lowest BCUT2D eigenvalue weighted by molar-refractivity contribution is -0.145. The van der Waals surface area contributed by atoms with Gasteiger partial charge in [0.05, 0.1) is 19.3 Å². The molecular formula is C21H29N5O8. The highest BCUT2D eigenvalue weighted by Crippen LogP contribution is 2.19. The third kappa shape index (κ3) is 6.74. The van der Waals surface area contributed by atoms with E-state index < -0.39 is 67.2 Å². The fraction of sp³-hybridized carbons (Fsp3) is 0.429. The maximum atomic E-state index is 12.9. The van der Waals surface area contributed by atoms with E-state index in [9.17, 15) is 34.5 Å². The number of aromatic amines is 1. The van der Waals surface area contributed by atoms with Crippen LogP contribution in [0.3, 0.4) is 0 Å². The van der Waals surface area contributed by atoms with Crippen molar-refractivity contribution in [2.75, 3.05) is 13.2 Å². The average molecular weight is 479 g/mol. The van der Waals surface area contributed by atoms with Gasteiger partial charge < -0.3 is 47.1 Å². The number of aromatic nitrogens is 1. The van der Waals surface area contributed by atoms with Gasteiger partial charge in [0.1, 0.15) is 18.1 Å². The van der Waals surface area contributed by atoms with Crippen LogP contribution in [0.1, 0.15) is 12.5 Å². The summed E-state index contributed by atoms with van der Waals surface area (Å²) in [4.78, 5) is 52.0. The molecule has 34 heavy (non-hydrogen) atoms. The molecular weight excluding hydrogens is 450 g/mol. The van der Waals surface area contributed by atoms with E-state index in [-0.39, 0.29) is 6.42 Å². The number of nitrogens with two attached hydrogens (primary N) is 1. The smallest absolute Gasteiger partial charge is 0.328 e. The molecule has 0 saturated carbocycles. The Kier molecular flexibility index (Phi) is 9.50. The minimum absolute atomic E-state index is 0.0734. The number of aliphatic hydroxyl groups is 3. The van der Waals surface area contributed by atoms with E-state index in [1.165, 1.54) is 6.92 Å². The zero-order valence-corrected chi connectivity index (χ0v) is 18.4. The molecule has 10 N–H and O–H groups in total. The largest absolute Gasteiger partial charge is 0.480 e. The number of carboxylic acids is 1. The van der Waals surface area contributed by atoms with Gasteiger partial charge in [0, 0.05) is 23.5 Å². The zero-order valence-electron chi connectivity index (χ0n) is 18.4. The number of benzene rings is 1. The molecule has 5 unspecified atom stereocenters. The third-order valence-corrected chi connectivity index (χ3v) is 5.13. The number of fused-ring (bicyclic) bond motifs is 1. The number of aliphatic carboxylic acids is 1. The van der Waals surface area contributed by atoms with Crippen molar-refractivity contribution in [3.05, 3.63) is 36.0 Å². The summed E-state index contributed by atoms with van der Waals surface area (Å²) >= 11 is 0.